The predicted molar refractivity (Wildman–Crippen MR) is 284 cm³/mol. The number of aromatic nitrogens is 14. The molecule has 74 heavy (non-hydrogen) atoms. The number of rotatable bonds is 6. The first-order chi connectivity index (χ1) is 35.8. The summed E-state index contributed by atoms with van der Waals surface area (Å²) in [4.78, 5) is 44.0. The molecule has 9 aromatic heterocycles. The van der Waals surface area contributed by atoms with E-state index in [9.17, 15) is 4.79 Å². The van der Waals surface area contributed by atoms with Crippen LogP contribution in [0, 0.1) is 27.7 Å². The number of aryl methyl sites for hydroxylation is 4. The summed E-state index contributed by atoms with van der Waals surface area (Å²) in [5.41, 5.74) is 18.1. The Kier molecular flexibility index (Phi) is 18.3. The standard InChI is InChI=1S/C19H21N7O.C11H13ClN4O.C8H9N3.C6H4Cl2N2O.C5H12N2O/c1-12-9-17-20-5-6-25(17)11-16(12)22-19-21-10-15-13(2)24-26(18(15)23-19)14-3-7-27-8-4-14;1-7-9-6-13-11(12)14-10(9)16(15-7)8-2-4-17-5-3-8;1-6-4-8-10-2-3-11(8)5-7(6)9;1-3(11)4-2-9-6(8)10-5(4)7;6-7-5-1-3-8-4-2-5/h5-6,9-11,14H,3-4,7-8H2,1-2H3,(H,21,22,23);6,8H,2-5H2,1H3;2-5H,9H2,1H3;2H,1H3;5,7H,1-4,6H2. The molecule has 390 valence electrons. The smallest absolute Gasteiger partial charge is 0.229 e. The molecule has 12 rings (SSSR count). The molecule has 3 aliphatic rings. The van der Waals surface area contributed by atoms with Crippen molar-refractivity contribution in [3.63, 3.8) is 0 Å². The summed E-state index contributed by atoms with van der Waals surface area (Å²) < 4.78 is 23.9. The highest BCUT2D eigenvalue weighted by atomic mass is 35.5. The number of anilines is 3. The summed E-state index contributed by atoms with van der Waals surface area (Å²) in [5.74, 6) is 5.59. The Balaban J connectivity index is 0.000000133. The van der Waals surface area contributed by atoms with Gasteiger partial charge in [-0.2, -0.15) is 20.2 Å². The van der Waals surface area contributed by atoms with Gasteiger partial charge in [0, 0.05) is 101 Å². The number of nitrogen functional groups attached to an aromatic ring is 1. The maximum absolute atomic E-state index is 10.8. The van der Waals surface area contributed by atoms with Crippen LogP contribution in [0.5, 0.6) is 0 Å². The van der Waals surface area contributed by atoms with Crippen molar-refractivity contribution in [2.24, 2.45) is 5.84 Å². The highest BCUT2D eigenvalue weighted by Crippen LogP contribution is 2.29. The van der Waals surface area contributed by atoms with Crippen LogP contribution in [0.3, 0.4) is 0 Å². The molecule has 9 aromatic rings. The number of carbonyl (C=O) groups excluding carboxylic acids is 1. The molecule has 0 radical (unpaired) electrons. The number of ether oxygens (including phenoxy) is 3. The van der Waals surface area contributed by atoms with Gasteiger partial charge in [-0.3, -0.25) is 16.1 Å². The third kappa shape index (κ3) is 13.4. The minimum Gasteiger partial charge on any atom is -0.397 e. The van der Waals surface area contributed by atoms with Crippen molar-refractivity contribution in [3.05, 3.63) is 112 Å². The molecule has 3 aliphatic heterocycles. The number of ketones is 1. The normalized spacial score (nSPS) is 15.4. The van der Waals surface area contributed by atoms with Crippen LogP contribution in [0.4, 0.5) is 17.3 Å². The van der Waals surface area contributed by atoms with Crippen LogP contribution in [0.15, 0.2) is 67.9 Å². The van der Waals surface area contributed by atoms with E-state index < -0.39 is 0 Å². The number of hydrogen-bond donors (Lipinski definition) is 4. The largest absolute Gasteiger partial charge is 0.397 e. The zero-order chi connectivity index (χ0) is 52.3. The van der Waals surface area contributed by atoms with E-state index in [1.165, 1.54) is 13.1 Å². The molecule has 3 saturated heterocycles. The fraction of sp³-hybridized carbons (Fsp3) is 0.408. The van der Waals surface area contributed by atoms with Crippen molar-refractivity contribution in [2.45, 2.75) is 91.3 Å². The number of hydrogen-bond acceptors (Lipinski definition) is 18. The van der Waals surface area contributed by atoms with E-state index in [1.807, 2.05) is 89.0 Å². The van der Waals surface area contributed by atoms with E-state index in [1.54, 1.807) is 18.6 Å². The number of nitrogens with two attached hydrogens (primary N) is 2. The van der Waals surface area contributed by atoms with Gasteiger partial charge < -0.3 is 34.1 Å². The maximum atomic E-state index is 10.8. The van der Waals surface area contributed by atoms with Gasteiger partial charge in [0.1, 0.15) is 16.4 Å². The first kappa shape index (κ1) is 53.8. The lowest BCUT2D eigenvalue weighted by atomic mass is 10.1. The van der Waals surface area contributed by atoms with E-state index in [0.29, 0.717) is 24.1 Å². The lowest BCUT2D eigenvalue weighted by molar-refractivity contribution is 0.0671. The van der Waals surface area contributed by atoms with Gasteiger partial charge in [-0.1, -0.05) is 11.6 Å². The average Bonchev–Trinajstić information content (AvgIpc) is 4.21. The van der Waals surface area contributed by atoms with Gasteiger partial charge in [-0.15, -0.1) is 0 Å². The lowest BCUT2D eigenvalue weighted by Crippen LogP contribution is -2.39. The molecule has 25 heteroatoms. The summed E-state index contributed by atoms with van der Waals surface area (Å²) in [6.45, 7) is 14.2. The van der Waals surface area contributed by atoms with Crippen molar-refractivity contribution < 1.29 is 19.0 Å². The summed E-state index contributed by atoms with van der Waals surface area (Å²) >= 11 is 16.8. The Morgan fingerprint density at radius 1 is 0.649 bits per heavy atom. The van der Waals surface area contributed by atoms with E-state index in [-0.39, 0.29) is 27.1 Å². The van der Waals surface area contributed by atoms with Crippen LogP contribution in [0.1, 0.15) is 90.4 Å². The van der Waals surface area contributed by atoms with Gasteiger partial charge in [0.2, 0.25) is 16.5 Å². The fourth-order valence-corrected chi connectivity index (χ4v) is 8.93. The number of pyridine rings is 2. The lowest BCUT2D eigenvalue weighted by Gasteiger charge is -2.22. The molecule has 0 unspecified atom stereocenters. The zero-order valence-corrected chi connectivity index (χ0v) is 44.0. The Labute approximate surface area is 441 Å². The van der Waals surface area contributed by atoms with Crippen molar-refractivity contribution in [1.82, 2.24) is 73.7 Å². The van der Waals surface area contributed by atoms with Crippen LogP contribution in [0.2, 0.25) is 15.7 Å². The number of Topliss-reactive ketones (excluding diaryl/α,β-unsaturated/α-hetero) is 1. The quantitative estimate of drug-likeness (QED) is 0.0402. The van der Waals surface area contributed by atoms with Crippen molar-refractivity contribution >= 4 is 91.3 Å². The number of hydrazine groups is 1. The average molecular weight is 1070 g/mol. The third-order valence-electron chi connectivity index (χ3n) is 12.6. The minimum atomic E-state index is -0.174. The molecule has 0 spiro atoms. The summed E-state index contributed by atoms with van der Waals surface area (Å²) in [7, 11) is 0. The minimum absolute atomic E-state index is 0.0417. The fourth-order valence-electron chi connectivity index (χ4n) is 8.36. The topological polar surface area (TPSA) is 268 Å². The molecule has 0 aromatic carbocycles. The van der Waals surface area contributed by atoms with E-state index in [4.69, 9.17) is 70.7 Å². The summed E-state index contributed by atoms with van der Waals surface area (Å²) in [6, 6.07) is 5.17. The van der Waals surface area contributed by atoms with Crippen LogP contribution in [-0.4, -0.2) is 120 Å². The predicted octanol–water partition coefficient (Wildman–Crippen LogP) is 8.17. The van der Waals surface area contributed by atoms with Crippen molar-refractivity contribution in [2.75, 3.05) is 50.7 Å². The second-order valence-electron chi connectivity index (χ2n) is 17.8. The molecular weight excluding hydrogens is 1010 g/mol. The first-order valence-electron chi connectivity index (χ1n) is 24.1. The number of nitrogens with zero attached hydrogens (tertiary/aromatic N) is 14. The zero-order valence-electron chi connectivity index (χ0n) is 41.8. The van der Waals surface area contributed by atoms with Crippen LogP contribution in [0.25, 0.3) is 33.4 Å². The maximum Gasteiger partial charge on any atom is 0.229 e. The molecule has 0 saturated carbocycles. The van der Waals surface area contributed by atoms with Gasteiger partial charge in [-0.25, -0.2) is 39.3 Å². The van der Waals surface area contributed by atoms with Gasteiger partial charge in [0.15, 0.2) is 17.1 Å². The monoisotopic (exact) mass is 1070 g/mol. The van der Waals surface area contributed by atoms with Gasteiger partial charge in [0.05, 0.1) is 51.2 Å². The van der Waals surface area contributed by atoms with Crippen LogP contribution in [-0.2, 0) is 14.2 Å². The molecule has 6 N–H and O–H groups in total. The molecule has 0 aliphatic carbocycles. The van der Waals surface area contributed by atoms with Gasteiger partial charge in [0.25, 0.3) is 0 Å². The SMILES string of the molecule is CC(=O)c1cnc(Cl)nc1Cl.Cc1cc2nccn2cc1N.Cc1cc2nccn2cc1Nc1ncc2c(C)nn(C3CCOCC3)c2n1.Cc1nn(C2CCOCC2)c2nc(Cl)ncc12.NNC1CCOCC1. The number of nitrogens with one attached hydrogen (secondary N) is 2. The van der Waals surface area contributed by atoms with Gasteiger partial charge in [-0.05, 0) is 120 Å². The van der Waals surface area contributed by atoms with E-state index >= 15 is 0 Å². The number of halogens is 3. The number of carbonyl (C=O) groups is 1. The molecule has 22 nitrogen and oxygen atoms in total. The van der Waals surface area contributed by atoms with Crippen LogP contribution < -0.4 is 22.3 Å². The third-order valence-corrected chi connectivity index (χ3v) is 13.3. The highest BCUT2D eigenvalue weighted by molar-refractivity contribution is 6.34. The van der Waals surface area contributed by atoms with Crippen molar-refractivity contribution in [1.29, 1.82) is 0 Å². The number of imidazole rings is 2. The van der Waals surface area contributed by atoms with E-state index in [2.05, 4.69) is 50.7 Å². The Hall–Kier alpha value is -6.50. The number of fused-ring (bicyclic) bond motifs is 4. The van der Waals surface area contributed by atoms with Crippen LogP contribution >= 0.6 is 34.8 Å². The Morgan fingerprint density at radius 2 is 1.15 bits per heavy atom. The molecular formula is C49H59Cl3N18O4. The summed E-state index contributed by atoms with van der Waals surface area (Å²) in [6.07, 6.45) is 22.1. The van der Waals surface area contributed by atoms with Gasteiger partial charge >= 0.3 is 0 Å². The second-order valence-corrected chi connectivity index (χ2v) is 18.8. The van der Waals surface area contributed by atoms with E-state index in [0.717, 1.165) is 145 Å². The second kappa shape index (κ2) is 25.2. The molecule has 12 heterocycles. The van der Waals surface area contributed by atoms with Crippen molar-refractivity contribution in [3.8, 4) is 0 Å². The summed E-state index contributed by atoms with van der Waals surface area (Å²) in [5, 5.41) is 15.0. The molecule has 3 fully saturated rings. The Morgan fingerprint density at radius 3 is 1.69 bits per heavy atom. The first-order valence-corrected chi connectivity index (χ1v) is 25.3. The Bertz CT molecular complexity index is 3290. The highest BCUT2D eigenvalue weighted by Gasteiger charge is 2.23. The molecule has 0 atom stereocenters. The molecule has 0 bridgehead atoms. The molecule has 0 amide bonds.